The Labute approximate surface area is 125 Å². The molecule has 0 aromatic heterocycles. The fourth-order valence-electron chi connectivity index (χ4n) is 2.50. The molecule has 0 radical (unpaired) electrons. The van der Waals surface area contributed by atoms with E-state index in [0.29, 0.717) is 19.8 Å². The molecule has 2 aromatic carbocycles. The normalized spacial score (nSPS) is 17.0. The summed E-state index contributed by atoms with van der Waals surface area (Å²) in [5, 5.41) is 3.47. The van der Waals surface area contributed by atoms with Gasteiger partial charge in [0.05, 0.1) is 13.2 Å². The van der Waals surface area contributed by atoms with E-state index in [-0.39, 0.29) is 12.3 Å². The zero-order valence-corrected chi connectivity index (χ0v) is 12.3. The Balaban J connectivity index is 1.53. The van der Waals surface area contributed by atoms with Crippen LogP contribution < -0.4 is 5.32 Å². The smallest absolute Gasteiger partial charge is 0.170 e. The number of ether oxygens (including phenoxy) is 2. The lowest BCUT2D eigenvalue weighted by molar-refractivity contribution is -0.146. The van der Waals surface area contributed by atoms with Crippen LogP contribution in [-0.4, -0.2) is 12.8 Å². The fourth-order valence-corrected chi connectivity index (χ4v) is 2.50. The minimum atomic E-state index is -0.205. The molecule has 1 aliphatic heterocycles. The van der Waals surface area contributed by atoms with Crippen molar-refractivity contribution in [2.45, 2.75) is 32.5 Å². The fraction of sp³-hybridized carbons (Fsp3) is 0.333. The highest BCUT2D eigenvalue weighted by molar-refractivity contribution is 5.26. The van der Waals surface area contributed by atoms with E-state index in [1.807, 2.05) is 18.2 Å². The quantitative estimate of drug-likeness (QED) is 0.932. The van der Waals surface area contributed by atoms with E-state index in [0.717, 1.165) is 0 Å². The number of fused-ring (bicyclic) bond motifs is 1. The third kappa shape index (κ3) is 3.70. The molecule has 0 bridgehead atoms. The highest BCUT2D eigenvalue weighted by Gasteiger charge is 2.17. The number of hydrogen-bond donors (Lipinski definition) is 1. The van der Waals surface area contributed by atoms with Crippen molar-refractivity contribution < 1.29 is 9.47 Å². The van der Waals surface area contributed by atoms with Crippen molar-refractivity contribution in [3.63, 3.8) is 0 Å². The van der Waals surface area contributed by atoms with Crippen LogP contribution in [0, 0.1) is 0 Å². The van der Waals surface area contributed by atoms with Crippen molar-refractivity contribution in [2.75, 3.05) is 6.54 Å². The molecular formula is C18H21NO2. The molecule has 0 unspecified atom stereocenters. The maximum Gasteiger partial charge on any atom is 0.170 e. The molecule has 1 aliphatic rings. The van der Waals surface area contributed by atoms with E-state index < -0.39 is 0 Å². The van der Waals surface area contributed by atoms with Crippen LogP contribution in [0.5, 0.6) is 0 Å². The second kappa shape index (κ2) is 6.85. The molecule has 2 aromatic rings. The first kappa shape index (κ1) is 14.3. The maximum atomic E-state index is 5.83. The van der Waals surface area contributed by atoms with Gasteiger partial charge >= 0.3 is 0 Å². The molecule has 3 heteroatoms. The van der Waals surface area contributed by atoms with Crippen molar-refractivity contribution in [1.82, 2.24) is 5.32 Å². The van der Waals surface area contributed by atoms with Crippen LogP contribution in [0.3, 0.4) is 0 Å². The summed E-state index contributed by atoms with van der Waals surface area (Å²) in [7, 11) is 0. The van der Waals surface area contributed by atoms with Gasteiger partial charge in [0.15, 0.2) is 6.29 Å². The molecule has 1 N–H and O–H groups in total. The third-order valence-corrected chi connectivity index (χ3v) is 3.86. The molecule has 0 amide bonds. The molecule has 3 rings (SSSR count). The van der Waals surface area contributed by atoms with Gasteiger partial charge in [0.2, 0.25) is 0 Å². The van der Waals surface area contributed by atoms with Crippen LogP contribution in [0.1, 0.15) is 29.7 Å². The van der Waals surface area contributed by atoms with E-state index >= 15 is 0 Å². The summed E-state index contributed by atoms with van der Waals surface area (Å²) >= 11 is 0. The van der Waals surface area contributed by atoms with Gasteiger partial charge in [0.25, 0.3) is 0 Å². The molecular weight excluding hydrogens is 262 g/mol. The highest BCUT2D eigenvalue weighted by Crippen LogP contribution is 2.18. The molecule has 110 valence electrons. The van der Waals surface area contributed by atoms with Gasteiger partial charge in [0.1, 0.15) is 0 Å². The predicted octanol–water partition coefficient (Wildman–Crippen LogP) is 3.41. The SMILES string of the molecule is C[C@@H](NCC1OCc2ccccc2CO1)c1ccccc1. The lowest BCUT2D eigenvalue weighted by Gasteiger charge is -2.20. The van der Waals surface area contributed by atoms with E-state index in [1.165, 1.54) is 16.7 Å². The monoisotopic (exact) mass is 283 g/mol. The first-order chi connectivity index (χ1) is 10.3. The van der Waals surface area contributed by atoms with Crippen LogP contribution in [0.2, 0.25) is 0 Å². The topological polar surface area (TPSA) is 30.5 Å². The molecule has 1 atom stereocenters. The summed E-state index contributed by atoms with van der Waals surface area (Å²) in [6.07, 6.45) is -0.205. The zero-order valence-electron chi connectivity index (χ0n) is 12.3. The minimum absolute atomic E-state index is 0.205. The Hall–Kier alpha value is -1.68. The highest BCUT2D eigenvalue weighted by atomic mass is 16.7. The molecule has 0 spiro atoms. The summed E-state index contributed by atoms with van der Waals surface area (Å²) in [5.41, 5.74) is 3.71. The van der Waals surface area contributed by atoms with Crippen LogP contribution in [-0.2, 0) is 22.7 Å². The van der Waals surface area contributed by atoms with Gasteiger partial charge in [-0.15, -0.1) is 0 Å². The Morgan fingerprint density at radius 1 is 0.952 bits per heavy atom. The van der Waals surface area contributed by atoms with E-state index in [4.69, 9.17) is 9.47 Å². The first-order valence-electron chi connectivity index (χ1n) is 7.41. The Morgan fingerprint density at radius 3 is 2.14 bits per heavy atom. The second-order valence-electron chi connectivity index (χ2n) is 5.36. The van der Waals surface area contributed by atoms with Crippen molar-refractivity contribution in [1.29, 1.82) is 0 Å². The molecule has 0 aliphatic carbocycles. The largest absolute Gasteiger partial charge is 0.347 e. The Morgan fingerprint density at radius 2 is 1.52 bits per heavy atom. The van der Waals surface area contributed by atoms with Crippen LogP contribution in [0.25, 0.3) is 0 Å². The van der Waals surface area contributed by atoms with Gasteiger partial charge in [-0.1, -0.05) is 54.6 Å². The predicted molar refractivity (Wildman–Crippen MR) is 82.7 cm³/mol. The van der Waals surface area contributed by atoms with Gasteiger partial charge in [-0.25, -0.2) is 0 Å². The van der Waals surface area contributed by atoms with E-state index in [1.54, 1.807) is 0 Å². The van der Waals surface area contributed by atoms with Gasteiger partial charge in [-0.2, -0.15) is 0 Å². The maximum absolute atomic E-state index is 5.83. The lowest BCUT2D eigenvalue weighted by atomic mass is 10.1. The Kier molecular flexibility index (Phi) is 4.65. The molecule has 1 heterocycles. The second-order valence-corrected chi connectivity index (χ2v) is 5.36. The summed E-state index contributed by atoms with van der Waals surface area (Å²) in [6, 6.07) is 19.0. The number of benzene rings is 2. The molecule has 0 fully saturated rings. The molecule has 21 heavy (non-hydrogen) atoms. The first-order valence-corrected chi connectivity index (χ1v) is 7.41. The molecule has 0 saturated carbocycles. The number of hydrogen-bond acceptors (Lipinski definition) is 3. The van der Waals surface area contributed by atoms with E-state index in [2.05, 4.69) is 48.6 Å². The summed E-state index contributed by atoms with van der Waals surface area (Å²) in [6.45, 7) is 4.06. The standard InChI is InChI=1S/C18H21NO2/c1-14(15-7-3-2-4-8-15)19-11-18-20-12-16-9-5-6-10-17(16)13-21-18/h2-10,14,18-19H,11-13H2,1H3/t14-/m1/s1. The van der Waals surface area contributed by atoms with Crippen molar-refractivity contribution in [3.05, 3.63) is 71.3 Å². The average Bonchev–Trinajstić information content (AvgIpc) is 2.76. The summed E-state index contributed by atoms with van der Waals surface area (Å²) < 4.78 is 11.7. The summed E-state index contributed by atoms with van der Waals surface area (Å²) in [5.74, 6) is 0. The molecule has 3 nitrogen and oxygen atoms in total. The minimum Gasteiger partial charge on any atom is -0.347 e. The number of nitrogens with one attached hydrogen (secondary N) is 1. The lowest BCUT2D eigenvalue weighted by Crippen LogP contribution is -2.32. The summed E-state index contributed by atoms with van der Waals surface area (Å²) in [4.78, 5) is 0. The van der Waals surface area contributed by atoms with Crippen molar-refractivity contribution >= 4 is 0 Å². The average molecular weight is 283 g/mol. The molecule has 0 saturated heterocycles. The van der Waals surface area contributed by atoms with Crippen LogP contribution in [0.15, 0.2) is 54.6 Å². The van der Waals surface area contributed by atoms with Crippen molar-refractivity contribution in [3.8, 4) is 0 Å². The van der Waals surface area contributed by atoms with Gasteiger partial charge in [-0.05, 0) is 23.6 Å². The van der Waals surface area contributed by atoms with Gasteiger partial charge in [-0.3, -0.25) is 0 Å². The number of rotatable bonds is 4. The third-order valence-electron chi connectivity index (χ3n) is 3.86. The Bertz CT molecular complexity index is 543. The van der Waals surface area contributed by atoms with E-state index in [9.17, 15) is 0 Å². The van der Waals surface area contributed by atoms with Crippen molar-refractivity contribution in [2.24, 2.45) is 0 Å². The van der Waals surface area contributed by atoms with Gasteiger partial charge < -0.3 is 14.8 Å². The zero-order chi connectivity index (χ0) is 14.5. The van der Waals surface area contributed by atoms with Gasteiger partial charge in [0, 0.05) is 12.6 Å². The van der Waals surface area contributed by atoms with Crippen LogP contribution in [0.4, 0.5) is 0 Å². The van der Waals surface area contributed by atoms with Crippen LogP contribution >= 0.6 is 0 Å².